The Bertz CT molecular complexity index is 613. The van der Waals surface area contributed by atoms with Gasteiger partial charge >= 0.3 is 0 Å². The number of rotatable bonds is 6. The van der Waals surface area contributed by atoms with Crippen LogP contribution in [-0.2, 0) is 19.4 Å². The van der Waals surface area contributed by atoms with Crippen molar-refractivity contribution in [2.75, 3.05) is 18.5 Å². The molecule has 0 radical (unpaired) electrons. The average Bonchev–Trinajstić information content (AvgIpc) is 3.06. The average molecular weight is 293 g/mol. The molecule has 112 valence electrons. The molecule has 6 heteroatoms. The summed E-state index contributed by atoms with van der Waals surface area (Å²) in [5, 5.41) is 7.08. The van der Waals surface area contributed by atoms with Crippen molar-refractivity contribution in [3.63, 3.8) is 0 Å². The van der Waals surface area contributed by atoms with Crippen molar-refractivity contribution in [3.05, 3.63) is 41.7 Å². The van der Waals surface area contributed by atoms with Crippen molar-refractivity contribution in [3.8, 4) is 5.75 Å². The Morgan fingerprint density at radius 3 is 3.14 bits per heavy atom. The number of aromatic nitrogens is 2. The molecular weight excluding hydrogens is 276 g/mol. The highest BCUT2D eigenvalue weighted by atomic mass is 19.3. The zero-order valence-electron chi connectivity index (χ0n) is 11.6. The first-order chi connectivity index (χ1) is 10.2. The van der Waals surface area contributed by atoms with Gasteiger partial charge in [0.1, 0.15) is 12.3 Å². The Morgan fingerprint density at radius 2 is 2.29 bits per heavy atom. The molecule has 0 saturated carbocycles. The van der Waals surface area contributed by atoms with Gasteiger partial charge in [-0.2, -0.15) is 5.10 Å². The van der Waals surface area contributed by atoms with E-state index in [2.05, 4.69) is 22.5 Å². The van der Waals surface area contributed by atoms with E-state index in [4.69, 9.17) is 4.74 Å². The second kappa shape index (κ2) is 6.11. The minimum atomic E-state index is -2.38. The molecule has 2 aromatic rings. The smallest absolute Gasteiger partial charge is 0.257 e. The van der Waals surface area contributed by atoms with Gasteiger partial charge in [0.15, 0.2) is 0 Å². The quantitative estimate of drug-likeness (QED) is 0.890. The lowest BCUT2D eigenvalue weighted by Crippen LogP contribution is -2.07. The summed E-state index contributed by atoms with van der Waals surface area (Å²) in [6.07, 6.45) is 2.62. The molecule has 1 aromatic carbocycles. The summed E-state index contributed by atoms with van der Waals surface area (Å²) in [7, 11) is 0. The Labute approximate surface area is 121 Å². The highest BCUT2D eigenvalue weighted by Crippen LogP contribution is 2.25. The maximum Gasteiger partial charge on any atom is 0.257 e. The summed E-state index contributed by atoms with van der Waals surface area (Å²) < 4.78 is 31.2. The van der Waals surface area contributed by atoms with E-state index < -0.39 is 6.43 Å². The third-order valence-electron chi connectivity index (χ3n) is 3.45. The number of nitrogens with zero attached hydrogens (tertiary/aromatic N) is 2. The van der Waals surface area contributed by atoms with Gasteiger partial charge in [0.25, 0.3) is 6.43 Å². The Hall–Kier alpha value is -2.11. The van der Waals surface area contributed by atoms with E-state index >= 15 is 0 Å². The number of halogens is 2. The predicted molar refractivity (Wildman–Crippen MR) is 76.1 cm³/mol. The van der Waals surface area contributed by atoms with Crippen molar-refractivity contribution in [1.29, 1.82) is 0 Å². The molecule has 0 bridgehead atoms. The lowest BCUT2D eigenvalue weighted by molar-refractivity contribution is 0.122. The number of alkyl halides is 2. The van der Waals surface area contributed by atoms with Gasteiger partial charge in [-0.3, -0.25) is 4.68 Å². The molecule has 0 amide bonds. The Balaban J connectivity index is 1.50. The van der Waals surface area contributed by atoms with Crippen LogP contribution in [0.25, 0.3) is 0 Å². The fraction of sp³-hybridized carbons (Fsp3) is 0.400. The van der Waals surface area contributed by atoms with E-state index in [0.29, 0.717) is 0 Å². The number of fused-ring (bicyclic) bond motifs is 1. The molecule has 0 fully saturated rings. The van der Waals surface area contributed by atoms with Gasteiger partial charge in [-0.15, -0.1) is 0 Å². The maximum atomic E-state index is 12.2. The summed E-state index contributed by atoms with van der Waals surface area (Å²) in [5.74, 6) is 0.986. The summed E-state index contributed by atoms with van der Waals surface area (Å²) in [4.78, 5) is 0. The second-order valence-electron chi connectivity index (χ2n) is 5.06. The molecule has 4 nitrogen and oxygen atoms in total. The summed E-state index contributed by atoms with van der Waals surface area (Å²) >= 11 is 0. The Morgan fingerprint density at radius 1 is 1.38 bits per heavy atom. The molecule has 2 heterocycles. The predicted octanol–water partition coefficient (Wildman–Crippen LogP) is 2.74. The van der Waals surface area contributed by atoms with Crippen LogP contribution in [0.5, 0.6) is 5.75 Å². The van der Waals surface area contributed by atoms with Crippen LogP contribution in [0, 0.1) is 0 Å². The van der Waals surface area contributed by atoms with Crippen LogP contribution in [0.15, 0.2) is 30.6 Å². The maximum absolute atomic E-state index is 12.2. The molecular formula is C15H17F2N3O. The van der Waals surface area contributed by atoms with Crippen LogP contribution in [0.4, 0.5) is 14.5 Å². The van der Waals surface area contributed by atoms with Crippen LogP contribution in [0.1, 0.15) is 11.1 Å². The lowest BCUT2D eigenvalue weighted by atomic mass is 10.1. The number of nitrogens with one attached hydrogen (secondary N) is 1. The van der Waals surface area contributed by atoms with Crippen molar-refractivity contribution in [2.24, 2.45) is 0 Å². The van der Waals surface area contributed by atoms with E-state index in [1.807, 2.05) is 6.07 Å². The van der Waals surface area contributed by atoms with E-state index in [1.54, 1.807) is 12.4 Å². The van der Waals surface area contributed by atoms with E-state index in [1.165, 1.54) is 15.8 Å². The summed E-state index contributed by atoms with van der Waals surface area (Å²) in [6, 6.07) is 6.24. The molecule has 1 aliphatic heterocycles. The standard InChI is InChI=1S/C15H17F2N3O/c16-15(17)10-20-9-13(8-19-20)18-5-3-11-1-2-14-12(7-11)4-6-21-14/h1-2,7-9,15,18H,3-6,10H2. The van der Waals surface area contributed by atoms with Gasteiger partial charge in [-0.1, -0.05) is 12.1 Å². The van der Waals surface area contributed by atoms with E-state index in [0.717, 1.165) is 37.4 Å². The van der Waals surface area contributed by atoms with Gasteiger partial charge in [-0.05, 0) is 23.6 Å². The van der Waals surface area contributed by atoms with Crippen molar-refractivity contribution in [2.45, 2.75) is 25.8 Å². The van der Waals surface area contributed by atoms with Crippen LogP contribution < -0.4 is 10.1 Å². The van der Waals surface area contributed by atoms with E-state index in [9.17, 15) is 8.78 Å². The highest BCUT2D eigenvalue weighted by Gasteiger charge is 2.11. The first-order valence-electron chi connectivity index (χ1n) is 7.00. The van der Waals surface area contributed by atoms with Gasteiger partial charge in [0.2, 0.25) is 0 Å². The molecule has 1 aromatic heterocycles. The number of hydrogen-bond donors (Lipinski definition) is 1. The number of hydrogen-bond acceptors (Lipinski definition) is 3. The molecule has 1 aliphatic rings. The third kappa shape index (κ3) is 3.51. The van der Waals surface area contributed by atoms with Crippen molar-refractivity contribution in [1.82, 2.24) is 9.78 Å². The lowest BCUT2D eigenvalue weighted by Gasteiger charge is -2.06. The summed E-state index contributed by atoms with van der Waals surface area (Å²) in [5.41, 5.74) is 3.27. The SMILES string of the molecule is FC(F)Cn1cc(NCCc2ccc3c(c2)CCO3)cn1. The molecule has 0 atom stereocenters. The number of anilines is 1. The second-order valence-corrected chi connectivity index (χ2v) is 5.06. The first-order valence-corrected chi connectivity index (χ1v) is 7.00. The number of ether oxygens (including phenoxy) is 1. The third-order valence-corrected chi connectivity index (χ3v) is 3.45. The zero-order valence-corrected chi connectivity index (χ0v) is 11.6. The normalized spacial score (nSPS) is 13.3. The molecule has 0 aliphatic carbocycles. The monoisotopic (exact) mass is 293 g/mol. The van der Waals surface area contributed by atoms with Crippen LogP contribution in [0.2, 0.25) is 0 Å². The van der Waals surface area contributed by atoms with E-state index in [-0.39, 0.29) is 6.54 Å². The van der Waals surface area contributed by atoms with Crippen LogP contribution >= 0.6 is 0 Å². The number of benzene rings is 1. The largest absolute Gasteiger partial charge is 0.493 e. The van der Waals surface area contributed by atoms with Crippen LogP contribution in [0.3, 0.4) is 0 Å². The topological polar surface area (TPSA) is 39.1 Å². The van der Waals surface area contributed by atoms with Gasteiger partial charge < -0.3 is 10.1 Å². The molecule has 0 unspecified atom stereocenters. The minimum absolute atomic E-state index is 0.369. The molecule has 1 N–H and O–H groups in total. The molecule has 21 heavy (non-hydrogen) atoms. The first kappa shape index (κ1) is 13.9. The van der Waals surface area contributed by atoms with Crippen molar-refractivity contribution < 1.29 is 13.5 Å². The highest BCUT2D eigenvalue weighted by molar-refractivity contribution is 5.41. The van der Waals surface area contributed by atoms with Gasteiger partial charge in [-0.25, -0.2) is 8.78 Å². The fourth-order valence-corrected chi connectivity index (χ4v) is 2.44. The molecule has 0 saturated heterocycles. The Kier molecular flexibility index (Phi) is 4.03. The van der Waals surface area contributed by atoms with Gasteiger partial charge in [0.05, 0.1) is 18.5 Å². The minimum Gasteiger partial charge on any atom is -0.493 e. The van der Waals surface area contributed by atoms with Gasteiger partial charge in [0, 0.05) is 19.2 Å². The zero-order chi connectivity index (χ0) is 14.7. The molecule has 0 spiro atoms. The van der Waals surface area contributed by atoms with Crippen LogP contribution in [-0.4, -0.2) is 29.4 Å². The van der Waals surface area contributed by atoms with Crippen molar-refractivity contribution >= 4 is 5.69 Å². The summed E-state index contributed by atoms with van der Waals surface area (Å²) in [6.45, 7) is 1.13. The molecule has 3 rings (SSSR count). The fourth-order valence-electron chi connectivity index (χ4n) is 2.44.